The van der Waals surface area contributed by atoms with E-state index in [0.29, 0.717) is 0 Å². The molecular weight excluding hydrogens is 236 g/mol. The Labute approximate surface area is 113 Å². The van der Waals surface area contributed by atoms with Crippen molar-refractivity contribution in [1.29, 1.82) is 0 Å². The minimum atomic E-state index is -0.116. The van der Waals surface area contributed by atoms with Gasteiger partial charge in [0.1, 0.15) is 0 Å². The Hall–Kier alpha value is -2.68. The van der Waals surface area contributed by atoms with Gasteiger partial charge in [-0.2, -0.15) is 0 Å². The lowest BCUT2D eigenvalue weighted by Crippen LogP contribution is -1.87. The standard InChI is InChI=1S/C16H16N2O/c1-2-3-5-14(12-17)7-9-16(19)10-8-15-6-4-11-18-13-15/h2-13H,1,17H2/b5-3-,9-7+,10-8+,14-12+. The third-order valence-corrected chi connectivity index (χ3v) is 2.18. The Bertz CT molecular complexity index is 537. The highest BCUT2D eigenvalue weighted by Gasteiger charge is 1.91. The number of carbonyl (C=O) groups is 1. The van der Waals surface area contributed by atoms with Gasteiger partial charge in [0.2, 0.25) is 0 Å². The number of carbonyl (C=O) groups excluding carboxylic acids is 1. The number of allylic oxidation sites excluding steroid dienone is 7. The lowest BCUT2D eigenvalue weighted by molar-refractivity contribution is -0.110. The Balaban J connectivity index is 2.62. The van der Waals surface area contributed by atoms with Crippen LogP contribution in [0.15, 0.2) is 79.3 Å². The van der Waals surface area contributed by atoms with E-state index in [1.54, 1.807) is 42.8 Å². The molecule has 0 saturated carbocycles. The number of nitrogens with zero attached hydrogens (tertiary/aromatic N) is 1. The first-order valence-electron chi connectivity index (χ1n) is 5.77. The van der Waals surface area contributed by atoms with Crippen LogP contribution in [-0.4, -0.2) is 10.8 Å². The van der Waals surface area contributed by atoms with Crippen LogP contribution in [0.1, 0.15) is 5.56 Å². The highest BCUT2D eigenvalue weighted by molar-refractivity contribution is 6.02. The molecule has 0 spiro atoms. The molecule has 3 heteroatoms. The van der Waals surface area contributed by atoms with Gasteiger partial charge in [0, 0.05) is 18.6 Å². The van der Waals surface area contributed by atoms with Gasteiger partial charge in [-0.3, -0.25) is 9.78 Å². The number of hydrogen-bond acceptors (Lipinski definition) is 3. The molecule has 19 heavy (non-hydrogen) atoms. The summed E-state index contributed by atoms with van der Waals surface area (Å²) in [6, 6.07) is 3.69. The summed E-state index contributed by atoms with van der Waals surface area (Å²) in [5.74, 6) is -0.116. The molecule has 2 N–H and O–H groups in total. The molecular formula is C16H16N2O. The summed E-state index contributed by atoms with van der Waals surface area (Å²) in [4.78, 5) is 15.6. The lowest BCUT2D eigenvalue weighted by atomic mass is 10.2. The van der Waals surface area contributed by atoms with Gasteiger partial charge in [0.05, 0.1) is 0 Å². The maximum Gasteiger partial charge on any atom is 0.178 e. The molecule has 0 aliphatic rings. The third kappa shape index (κ3) is 5.98. The normalized spacial score (nSPS) is 12.5. The fourth-order valence-corrected chi connectivity index (χ4v) is 1.23. The van der Waals surface area contributed by atoms with Crippen LogP contribution in [0.25, 0.3) is 6.08 Å². The molecule has 0 bridgehead atoms. The van der Waals surface area contributed by atoms with Crippen LogP contribution in [0.5, 0.6) is 0 Å². The topological polar surface area (TPSA) is 56.0 Å². The second kappa shape index (κ2) is 8.42. The van der Waals surface area contributed by atoms with E-state index in [2.05, 4.69) is 11.6 Å². The second-order valence-corrected chi connectivity index (χ2v) is 3.62. The van der Waals surface area contributed by atoms with Gasteiger partial charge < -0.3 is 5.73 Å². The average molecular weight is 252 g/mol. The van der Waals surface area contributed by atoms with Gasteiger partial charge in [-0.25, -0.2) is 0 Å². The summed E-state index contributed by atoms with van der Waals surface area (Å²) in [5, 5.41) is 0. The van der Waals surface area contributed by atoms with E-state index in [-0.39, 0.29) is 5.78 Å². The summed E-state index contributed by atoms with van der Waals surface area (Å²) in [6.45, 7) is 3.56. The SMILES string of the molecule is C=C\C=C/C(/C=C/C(=O)/C=C/c1cccnc1)=C\N. The molecule has 1 aromatic heterocycles. The van der Waals surface area contributed by atoms with E-state index in [9.17, 15) is 4.79 Å². The van der Waals surface area contributed by atoms with Crippen molar-refractivity contribution in [2.75, 3.05) is 0 Å². The molecule has 1 aromatic rings. The first-order chi connectivity index (χ1) is 9.26. The Morgan fingerprint density at radius 3 is 2.74 bits per heavy atom. The predicted octanol–water partition coefficient (Wildman–Crippen LogP) is 2.80. The first kappa shape index (κ1) is 14.4. The Morgan fingerprint density at radius 1 is 1.26 bits per heavy atom. The Kier molecular flexibility index (Phi) is 6.37. The van der Waals surface area contributed by atoms with Gasteiger partial charge in [-0.15, -0.1) is 0 Å². The predicted molar refractivity (Wildman–Crippen MR) is 79.0 cm³/mol. The monoisotopic (exact) mass is 252 g/mol. The van der Waals surface area contributed by atoms with Crippen LogP contribution in [-0.2, 0) is 4.79 Å². The van der Waals surface area contributed by atoms with Gasteiger partial charge >= 0.3 is 0 Å². The zero-order valence-corrected chi connectivity index (χ0v) is 10.6. The van der Waals surface area contributed by atoms with Crippen LogP contribution in [0, 0.1) is 0 Å². The molecule has 0 amide bonds. The molecule has 0 fully saturated rings. The largest absolute Gasteiger partial charge is 0.404 e. The fourth-order valence-electron chi connectivity index (χ4n) is 1.23. The average Bonchev–Trinajstić information content (AvgIpc) is 2.46. The van der Waals surface area contributed by atoms with Crippen molar-refractivity contribution in [3.63, 3.8) is 0 Å². The van der Waals surface area contributed by atoms with E-state index in [1.807, 2.05) is 12.1 Å². The van der Waals surface area contributed by atoms with E-state index in [0.717, 1.165) is 11.1 Å². The third-order valence-electron chi connectivity index (χ3n) is 2.18. The molecule has 0 aliphatic carbocycles. The number of aromatic nitrogens is 1. The van der Waals surface area contributed by atoms with Gasteiger partial charge in [0.15, 0.2) is 5.78 Å². The maximum atomic E-state index is 11.6. The molecule has 0 saturated heterocycles. The number of rotatable bonds is 6. The van der Waals surface area contributed by atoms with Crippen molar-refractivity contribution < 1.29 is 4.79 Å². The van der Waals surface area contributed by atoms with E-state index in [4.69, 9.17) is 5.73 Å². The van der Waals surface area contributed by atoms with Crippen molar-refractivity contribution >= 4 is 11.9 Å². The lowest BCUT2D eigenvalue weighted by Gasteiger charge is -1.91. The van der Waals surface area contributed by atoms with Crippen LogP contribution in [0.2, 0.25) is 0 Å². The molecule has 1 rings (SSSR count). The zero-order valence-electron chi connectivity index (χ0n) is 10.6. The van der Waals surface area contributed by atoms with Gasteiger partial charge in [-0.05, 0) is 41.5 Å². The molecule has 0 atom stereocenters. The molecule has 0 aromatic carbocycles. The molecule has 0 radical (unpaired) electrons. The number of hydrogen-bond donors (Lipinski definition) is 1. The zero-order chi connectivity index (χ0) is 13.9. The van der Waals surface area contributed by atoms with E-state index >= 15 is 0 Å². The van der Waals surface area contributed by atoms with Crippen molar-refractivity contribution in [3.05, 3.63) is 84.9 Å². The maximum absolute atomic E-state index is 11.6. The second-order valence-electron chi connectivity index (χ2n) is 3.62. The molecule has 1 heterocycles. The van der Waals surface area contributed by atoms with Crippen LogP contribution < -0.4 is 5.73 Å². The first-order valence-corrected chi connectivity index (χ1v) is 5.77. The van der Waals surface area contributed by atoms with E-state index in [1.165, 1.54) is 18.4 Å². The number of nitrogens with two attached hydrogens (primary N) is 1. The summed E-state index contributed by atoms with van der Waals surface area (Å²) in [5.41, 5.74) is 7.05. The molecule has 0 unspecified atom stereocenters. The quantitative estimate of drug-likeness (QED) is 0.625. The smallest absolute Gasteiger partial charge is 0.178 e. The van der Waals surface area contributed by atoms with Crippen molar-refractivity contribution in [1.82, 2.24) is 4.98 Å². The van der Waals surface area contributed by atoms with Gasteiger partial charge in [0.25, 0.3) is 0 Å². The van der Waals surface area contributed by atoms with Crippen molar-refractivity contribution in [3.8, 4) is 0 Å². The molecule has 3 nitrogen and oxygen atoms in total. The number of ketones is 1. The minimum absolute atomic E-state index is 0.116. The summed E-state index contributed by atoms with van der Waals surface area (Å²) in [7, 11) is 0. The summed E-state index contributed by atoms with van der Waals surface area (Å²) >= 11 is 0. The molecule has 0 aliphatic heterocycles. The highest BCUT2D eigenvalue weighted by atomic mass is 16.1. The van der Waals surface area contributed by atoms with Crippen molar-refractivity contribution in [2.45, 2.75) is 0 Å². The van der Waals surface area contributed by atoms with E-state index < -0.39 is 0 Å². The van der Waals surface area contributed by atoms with Crippen LogP contribution >= 0.6 is 0 Å². The van der Waals surface area contributed by atoms with Crippen LogP contribution in [0.3, 0.4) is 0 Å². The highest BCUT2D eigenvalue weighted by Crippen LogP contribution is 2.01. The minimum Gasteiger partial charge on any atom is -0.404 e. The summed E-state index contributed by atoms with van der Waals surface area (Å²) in [6.07, 6.45) is 16.3. The van der Waals surface area contributed by atoms with Crippen molar-refractivity contribution in [2.24, 2.45) is 5.73 Å². The van der Waals surface area contributed by atoms with Crippen LogP contribution in [0.4, 0.5) is 0 Å². The fraction of sp³-hybridized carbons (Fsp3) is 0. The number of pyridine rings is 1. The molecule has 96 valence electrons. The Morgan fingerprint density at radius 2 is 2.11 bits per heavy atom. The van der Waals surface area contributed by atoms with Gasteiger partial charge in [-0.1, -0.05) is 30.9 Å². The summed E-state index contributed by atoms with van der Waals surface area (Å²) < 4.78 is 0.